The number of carbonyl (C=O) groups excluding carboxylic acids is 1. The largest absolute Gasteiger partial charge is 0.340 e. The molecular formula is C24H30FN5O. The fourth-order valence-corrected chi connectivity index (χ4v) is 3.73. The molecule has 1 N–H and O–H groups in total. The Morgan fingerprint density at radius 1 is 1.26 bits per heavy atom. The van der Waals surface area contributed by atoms with Crippen molar-refractivity contribution >= 4 is 5.91 Å². The van der Waals surface area contributed by atoms with Gasteiger partial charge in [0, 0.05) is 30.8 Å². The molecule has 1 aliphatic carbocycles. The summed E-state index contributed by atoms with van der Waals surface area (Å²) in [5.74, 6) is 0.231. The van der Waals surface area contributed by atoms with Gasteiger partial charge >= 0.3 is 0 Å². The number of aromatic nitrogens is 4. The first-order valence-corrected chi connectivity index (χ1v) is 10.9. The van der Waals surface area contributed by atoms with E-state index in [1.54, 1.807) is 11.0 Å². The Kier molecular flexibility index (Phi) is 5.69. The SMILES string of the molecule is CN(CCCc1cc(-c2cccc(F)c2)n[nH]1)C(=O)c1cc(C2CC2)nn1C(C)(C)C. The summed E-state index contributed by atoms with van der Waals surface area (Å²) in [6.07, 6.45) is 3.87. The van der Waals surface area contributed by atoms with E-state index in [1.165, 1.54) is 12.1 Å². The van der Waals surface area contributed by atoms with Gasteiger partial charge in [0.25, 0.3) is 5.91 Å². The molecule has 1 fully saturated rings. The van der Waals surface area contributed by atoms with Crippen LogP contribution in [0.4, 0.5) is 4.39 Å². The average molecular weight is 424 g/mol. The van der Waals surface area contributed by atoms with Crippen molar-refractivity contribution in [2.75, 3.05) is 13.6 Å². The number of benzene rings is 1. The molecule has 0 atom stereocenters. The molecule has 4 rings (SSSR count). The maximum absolute atomic E-state index is 13.4. The van der Waals surface area contributed by atoms with Crippen LogP contribution >= 0.6 is 0 Å². The number of aromatic amines is 1. The standard InChI is InChI=1S/C24H30FN5O/c1-24(2,3)30-22(15-21(28-30)16-10-11-16)23(31)29(4)12-6-9-19-14-20(27-26-19)17-7-5-8-18(25)13-17/h5,7-8,13-16H,6,9-12H2,1-4H3,(H,26,27). The minimum absolute atomic E-state index is 0.000569. The highest BCUT2D eigenvalue weighted by Gasteiger charge is 2.32. The Hall–Kier alpha value is -2.96. The molecule has 1 amide bonds. The maximum atomic E-state index is 13.4. The van der Waals surface area contributed by atoms with Crippen molar-refractivity contribution in [1.82, 2.24) is 24.9 Å². The van der Waals surface area contributed by atoms with Crippen LogP contribution in [-0.2, 0) is 12.0 Å². The van der Waals surface area contributed by atoms with Crippen molar-refractivity contribution in [3.63, 3.8) is 0 Å². The molecule has 7 heteroatoms. The second-order valence-electron chi connectivity index (χ2n) is 9.43. The van der Waals surface area contributed by atoms with Gasteiger partial charge in [-0.3, -0.25) is 14.6 Å². The van der Waals surface area contributed by atoms with Crippen LogP contribution in [0.5, 0.6) is 0 Å². The highest BCUT2D eigenvalue weighted by atomic mass is 19.1. The highest BCUT2D eigenvalue weighted by Crippen LogP contribution is 2.40. The topological polar surface area (TPSA) is 66.8 Å². The summed E-state index contributed by atoms with van der Waals surface area (Å²) >= 11 is 0. The van der Waals surface area contributed by atoms with E-state index in [4.69, 9.17) is 5.10 Å². The van der Waals surface area contributed by atoms with Gasteiger partial charge in [-0.15, -0.1) is 0 Å². The molecule has 1 saturated carbocycles. The molecule has 164 valence electrons. The zero-order valence-electron chi connectivity index (χ0n) is 18.7. The molecule has 1 aliphatic rings. The van der Waals surface area contributed by atoms with Crippen LogP contribution in [0.2, 0.25) is 0 Å². The van der Waals surface area contributed by atoms with Crippen LogP contribution in [-0.4, -0.2) is 44.4 Å². The van der Waals surface area contributed by atoms with Crippen LogP contribution in [0.15, 0.2) is 36.4 Å². The lowest BCUT2D eigenvalue weighted by Crippen LogP contribution is -2.34. The van der Waals surface area contributed by atoms with Crippen molar-refractivity contribution in [3.05, 3.63) is 59.3 Å². The number of nitrogens with one attached hydrogen (secondary N) is 1. The van der Waals surface area contributed by atoms with E-state index in [0.29, 0.717) is 18.2 Å². The fraction of sp³-hybridized carbons (Fsp3) is 0.458. The van der Waals surface area contributed by atoms with Gasteiger partial charge in [0.2, 0.25) is 0 Å². The second kappa shape index (κ2) is 8.29. The number of halogens is 1. The quantitative estimate of drug-likeness (QED) is 0.596. The molecule has 0 bridgehead atoms. The van der Waals surface area contributed by atoms with Crippen LogP contribution in [0.3, 0.4) is 0 Å². The Morgan fingerprint density at radius 2 is 2.03 bits per heavy atom. The lowest BCUT2D eigenvalue weighted by atomic mass is 10.1. The molecule has 3 aromatic rings. The second-order valence-corrected chi connectivity index (χ2v) is 9.43. The zero-order chi connectivity index (χ0) is 22.2. The van der Waals surface area contributed by atoms with Crippen LogP contribution in [0.1, 0.15) is 67.8 Å². The summed E-state index contributed by atoms with van der Waals surface area (Å²) < 4.78 is 15.3. The molecule has 0 saturated heterocycles. The summed E-state index contributed by atoms with van der Waals surface area (Å²) in [6.45, 7) is 6.84. The van der Waals surface area contributed by atoms with Gasteiger partial charge in [0.05, 0.1) is 16.9 Å². The monoisotopic (exact) mass is 423 g/mol. The number of H-pyrrole nitrogens is 1. The van der Waals surface area contributed by atoms with Gasteiger partial charge < -0.3 is 4.90 Å². The summed E-state index contributed by atoms with van der Waals surface area (Å²) in [5.41, 5.74) is 3.89. The van der Waals surface area contributed by atoms with E-state index in [2.05, 4.69) is 31.0 Å². The first kappa shape index (κ1) is 21.3. The average Bonchev–Trinajstić information content (AvgIpc) is 3.28. The molecule has 1 aromatic carbocycles. The van der Waals surface area contributed by atoms with Gasteiger partial charge in [-0.1, -0.05) is 12.1 Å². The molecule has 6 nitrogen and oxygen atoms in total. The third kappa shape index (κ3) is 4.86. The van der Waals surface area contributed by atoms with Gasteiger partial charge in [-0.2, -0.15) is 10.2 Å². The smallest absolute Gasteiger partial charge is 0.271 e. The summed E-state index contributed by atoms with van der Waals surface area (Å²) in [7, 11) is 1.84. The van der Waals surface area contributed by atoms with E-state index in [9.17, 15) is 9.18 Å². The van der Waals surface area contributed by atoms with Gasteiger partial charge in [-0.05, 0) is 70.7 Å². The van der Waals surface area contributed by atoms with E-state index in [1.807, 2.05) is 29.9 Å². The predicted molar refractivity (Wildman–Crippen MR) is 118 cm³/mol. The lowest BCUT2D eigenvalue weighted by Gasteiger charge is -2.24. The normalized spacial score (nSPS) is 14.1. The van der Waals surface area contributed by atoms with E-state index >= 15 is 0 Å². The lowest BCUT2D eigenvalue weighted by molar-refractivity contribution is 0.0773. The third-order valence-corrected chi connectivity index (χ3v) is 5.62. The summed E-state index contributed by atoms with van der Waals surface area (Å²) in [5, 5.41) is 12.0. The van der Waals surface area contributed by atoms with Crippen LogP contribution in [0, 0.1) is 5.82 Å². The van der Waals surface area contributed by atoms with Gasteiger partial charge in [0.1, 0.15) is 11.5 Å². The maximum Gasteiger partial charge on any atom is 0.271 e. The van der Waals surface area contributed by atoms with Crippen molar-refractivity contribution in [1.29, 1.82) is 0 Å². The first-order valence-electron chi connectivity index (χ1n) is 10.9. The number of rotatable bonds is 7. The Morgan fingerprint density at radius 3 is 2.71 bits per heavy atom. The highest BCUT2D eigenvalue weighted by molar-refractivity contribution is 5.92. The Labute approximate surface area is 182 Å². The third-order valence-electron chi connectivity index (χ3n) is 5.62. The van der Waals surface area contributed by atoms with Crippen LogP contribution in [0.25, 0.3) is 11.3 Å². The minimum atomic E-state index is -0.276. The molecule has 2 aromatic heterocycles. The van der Waals surface area contributed by atoms with E-state index in [0.717, 1.165) is 48.3 Å². The summed E-state index contributed by atoms with van der Waals surface area (Å²) in [6, 6.07) is 10.3. The Bertz CT molecular complexity index is 1070. The number of carbonyl (C=O) groups is 1. The number of nitrogens with zero attached hydrogens (tertiary/aromatic N) is 4. The number of aryl methyl sites for hydroxylation is 1. The number of amides is 1. The molecule has 0 radical (unpaired) electrons. The molecule has 0 spiro atoms. The fourth-order valence-electron chi connectivity index (χ4n) is 3.73. The minimum Gasteiger partial charge on any atom is -0.340 e. The number of hydrogen-bond donors (Lipinski definition) is 1. The van der Waals surface area contributed by atoms with Gasteiger partial charge in [0.15, 0.2) is 0 Å². The van der Waals surface area contributed by atoms with Gasteiger partial charge in [-0.25, -0.2) is 4.39 Å². The molecular weight excluding hydrogens is 393 g/mol. The predicted octanol–water partition coefficient (Wildman–Crippen LogP) is 4.75. The molecule has 2 heterocycles. The van der Waals surface area contributed by atoms with Crippen molar-refractivity contribution in [2.24, 2.45) is 0 Å². The van der Waals surface area contributed by atoms with Crippen LogP contribution < -0.4 is 0 Å². The van der Waals surface area contributed by atoms with Crippen molar-refractivity contribution in [2.45, 2.75) is 57.9 Å². The Balaban J connectivity index is 1.37. The molecule has 31 heavy (non-hydrogen) atoms. The van der Waals surface area contributed by atoms with Crippen molar-refractivity contribution in [3.8, 4) is 11.3 Å². The summed E-state index contributed by atoms with van der Waals surface area (Å²) in [4.78, 5) is 14.9. The number of hydrogen-bond acceptors (Lipinski definition) is 3. The zero-order valence-corrected chi connectivity index (χ0v) is 18.7. The first-order chi connectivity index (χ1) is 14.7. The molecule has 0 unspecified atom stereocenters. The van der Waals surface area contributed by atoms with E-state index < -0.39 is 0 Å². The van der Waals surface area contributed by atoms with Crippen molar-refractivity contribution < 1.29 is 9.18 Å². The van der Waals surface area contributed by atoms with E-state index in [-0.39, 0.29) is 17.3 Å². The molecule has 0 aliphatic heterocycles.